The lowest BCUT2D eigenvalue weighted by molar-refractivity contribution is -0.0962. The minimum absolute atomic E-state index is 0.00567. The van der Waals surface area contributed by atoms with Gasteiger partial charge < -0.3 is 19.5 Å². The molecule has 2 atom stereocenters. The summed E-state index contributed by atoms with van der Waals surface area (Å²) >= 11 is 0. The number of aromatic nitrogens is 2. The molecule has 1 aromatic heterocycles. The van der Waals surface area contributed by atoms with Gasteiger partial charge in [-0.25, -0.2) is 27.6 Å². The van der Waals surface area contributed by atoms with Gasteiger partial charge in [0.15, 0.2) is 9.84 Å². The molecule has 2 aromatic rings. The molecule has 0 unspecified atom stereocenters. The van der Waals surface area contributed by atoms with Gasteiger partial charge in [0, 0.05) is 19.1 Å². The molecule has 1 aliphatic carbocycles. The number of amides is 1. The van der Waals surface area contributed by atoms with Gasteiger partial charge in [-0.2, -0.15) is 0 Å². The van der Waals surface area contributed by atoms with Crippen molar-refractivity contribution in [2.45, 2.75) is 81.1 Å². The summed E-state index contributed by atoms with van der Waals surface area (Å²) in [5.41, 5.74) is 0.668. The Morgan fingerprint density at radius 2 is 1.82 bits per heavy atom. The molecule has 2 bridgehead atoms. The highest BCUT2D eigenvalue weighted by Gasteiger charge is 2.44. The van der Waals surface area contributed by atoms with Gasteiger partial charge in [-0.05, 0) is 50.8 Å². The third-order valence-corrected chi connectivity index (χ3v) is 8.56. The van der Waals surface area contributed by atoms with Gasteiger partial charge in [0.2, 0.25) is 5.88 Å². The summed E-state index contributed by atoms with van der Waals surface area (Å²) in [5.74, 6) is -0.00960. The summed E-state index contributed by atoms with van der Waals surface area (Å²) in [6.07, 6.45) is 8.27. The van der Waals surface area contributed by atoms with Gasteiger partial charge >= 0.3 is 6.09 Å². The number of halogens is 1. The molecule has 38 heavy (non-hydrogen) atoms. The van der Waals surface area contributed by atoms with E-state index in [1.807, 2.05) is 4.90 Å². The van der Waals surface area contributed by atoms with E-state index in [1.165, 1.54) is 24.9 Å². The first-order valence-electron chi connectivity index (χ1n) is 13.0. The molecule has 1 N–H and O–H groups in total. The number of benzene rings is 1. The van der Waals surface area contributed by atoms with Crippen LogP contribution in [0.15, 0.2) is 29.4 Å². The maximum Gasteiger partial charge on any atom is 0.410 e. The number of piperidine rings is 1. The third-order valence-electron chi connectivity index (χ3n) is 7.45. The zero-order valence-electron chi connectivity index (χ0n) is 21.6. The normalized spacial score (nSPS) is 24.1. The van der Waals surface area contributed by atoms with Crippen LogP contribution in [-0.4, -0.2) is 73.1 Å². The van der Waals surface area contributed by atoms with E-state index in [2.05, 4.69) is 15.3 Å². The summed E-state index contributed by atoms with van der Waals surface area (Å²) < 4.78 is 55.9. The highest BCUT2D eigenvalue weighted by molar-refractivity contribution is 7.90. The van der Waals surface area contributed by atoms with E-state index in [4.69, 9.17) is 14.2 Å². The highest BCUT2D eigenvalue weighted by Crippen LogP contribution is 2.34. The number of sulfone groups is 1. The van der Waals surface area contributed by atoms with Crippen LogP contribution in [-0.2, 0) is 19.3 Å². The second-order valence-electron chi connectivity index (χ2n) is 10.3. The smallest absolute Gasteiger partial charge is 0.410 e. The van der Waals surface area contributed by atoms with Crippen molar-refractivity contribution in [3.05, 3.63) is 35.9 Å². The summed E-state index contributed by atoms with van der Waals surface area (Å²) in [4.78, 5) is 23.3. The number of carbonyl (C=O) groups excluding carboxylic acids is 1. The number of hydrogen-bond acceptors (Lipinski definition) is 9. The van der Waals surface area contributed by atoms with Gasteiger partial charge in [-0.3, -0.25) is 4.90 Å². The molecule has 3 fully saturated rings. The number of rotatable bonds is 6. The van der Waals surface area contributed by atoms with Gasteiger partial charge in [-0.1, -0.05) is 6.42 Å². The summed E-state index contributed by atoms with van der Waals surface area (Å²) in [7, 11) is -3.52. The molecule has 206 valence electrons. The van der Waals surface area contributed by atoms with Crippen LogP contribution in [0.25, 0.3) is 0 Å². The predicted molar refractivity (Wildman–Crippen MR) is 137 cm³/mol. The minimum atomic E-state index is -3.52. The fourth-order valence-electron chi connectivity index (χ4n) is 5.44. The van der Waals surface area contributed by atoms with Crippen LogP contribution in [0.5, 0.6) is 5.88 Å². The number of carbonyl (C=O) groups is 1. The molecule has 2 aliphatic heterocycles. The van der Waals surface area contributed by atoms with Crippen LogP contribution in [0.1, 0.15) is 50.5 Å². The number of nitrogens with zero attached hydrogens (tertiary/aromatic N) is 3. The monoisotopic (exact) mass is 548 g/mol. The average Bonchev–Trinajstić information content (AvgIpc) is 2.87. The topological polar surface area (TPSA) is 120 Å². The van der Waals surface area contributed by atoms with E-state index in [0.29, 0.717) is 43.3 Å². The zero-order chi connectivity index (χ0) is 26.9. The molecule has 0 radical (unpaired) electrons. The SMILES string of the molecule is Cc1c(Nc2ccc(S(C)(=O)=O)cc2F)ncnc1OC1C[C@H]2COC[C@H](C1)N2C(=O)OC1CCCCC1. The molecular weight excluding hydrogens is 515 g/mol. The van der Waals surface area contributed by atoms with Gasteiger partial charge in [0.25, 0.3) is 0 Å². The number of fused-ring (bicyclic) bond motifs is 2. The predicted octanol–water partition coefficient (Wildman–Crippen LogP) is 4.15. The van der Waals surface area contributed by atoms with Crippen LogP contribution in [0.2, 0.25) is 0 Å². The van der Waals surface area contributed by atoms with Crippen molar-refractivity contribution < 1.29 is 31.8 Å². The molecule has 1 saturated carbocycles. The molecule has 0 spiro atoms. The molecule has 10 nitrogen and oxygen atoms in total. The summed E-state index contributed by atoms with van der Waals surface area (Å²) in [6, 6.07) is 3.37. The second kappa shape index (κ2) is 11.0. The molecule has 3 heterocycles. The van der Waals surface area contributed by atoms with E-state index in [-0.39, 0.29) is 41.0 Å². The highest BCUT2D eigenvalue weighted by atomic mass is 32.2. The Balaban J connectivity index is 1.26. The molecule has 1 amide bonds. The fourth-order valence-corrected chi connectivity index (χ4v) is 6.07. The minimum Gasteiger partial charge on any atom is -0.474 e. The van der Waals surface area contributed by atoms with Gasteiger partial charge in [0.05, 0.1) is 41.4 Å². The summed E-state index contributed by atoms with van der Waals surface area (Å²) in [6.45, 7) is 2.62. The number of hydrogen-bond donors (Lipinski definition) is 1. The molecule has 1 aromatic carbocycles. The molecule has 5 rings (SSSR count). The maximum absolute atomic E-state index is 14.6. The molecule has 3 aliphatic rings. The van der Waals surface area contributed by atoms with E-state index in [9.17, 15) is 17.6 Å². The van der Waals surface area contributed by atoms with Crippen molar-refractivity contribution in [2.24, 2.45) is 0 Å². The van der Waals surface area contributed by atoms with Gasteiger partial charge in [0.1, 0.15) is 30.2 Å². The lowest BCUT2D eigenvalue weighted by Gasteiger charge is -2.47. The maximum atomic E-state index is 14.6. The van der Waals surface area contributed by atoms with Crippen molar-refractivity contribution in [1.29, 1.82) is 0 Å². The van der Waals surface area contributed by atoms with Crippen LogP contribution in [0.3, 0.4) is 0 Å². The Hall–Kier alpha value is -2.99. The second-order valence-corrected chi connectivity index (χ2v) is 12.3. The first-order chi connectivity index (χ1) is 18.2. The van der Waals surface area contributed by atoms with Crippen molar-refractivity contribution in [3.63, 3.8) is 0 Å². The zero-order valence-corrected chi connectivity index (χ0v) is 22.4. The lowest BCUT2D eigenvalue weighted by Crippen LogP contribution is -2.61. The Bertz CT molecular complexity index is 1270. The Kier molecular flexibility index (Phi) is 7.71. The van der Waals surface area contributed by atoms with Crippen LogP contribution >= 0.6 is 0 Å². The van der Waals surface area contributed by atoms with Crippen LogP contribution < -0.4 is 10.1 Å². The third kappa shape index (κ3) is 5.85. The van der Waals surface area contributed by atoms with Crippen LogP contribution in [0.4, 0.5) is 20.7 Å². The summed E-state index contributed by atoms with van der Waals surface area (Å²) in [5, 5.41) is 2.91. The lowest BCUT2D eigenvalue weighted by atomic mass is 9.92. The molecule has 12 heteroatoms. The average molecular weight is 549 g/mol. The molecule has 2 saturated heterocycles. The van der Waals surface area contributed by atoms with E-state index >= 15 is 0 Å². The Morgan fingerprint density at radius 1 is 1.11 bits per heavy atom. The van der Waals surface area contributed by atoms with Crippen LogP contribution in [0, 0.1) is 12.7 Å². The van der Waals surface area contributed by atoms with E-state index in [1.54, 1.807) is 6.92 Å². The quantitative estimate of drug-likeness (QED) is 0.568. The first kappa shape index (κ1) is 26.6. The fraction of sp³-hybridized carbons (Fsp3) is 0.577. The van der Waals surface area contributed by atoms with Gasteiger partial charge in [-0.15, -0.1) is 0 Å². The Morgan fingerprint density at radius 3 is 2.47 bits per heavy atom. The Labute approximate surface area is 221 Å². The number of ether oxygens (including phenoxy) is 3. The van der Waals surface area contributed by atoms with Crippen molar-refractivity contribution in [2.75, 3.05) is 24.8 Å². The van der Waals surface area contributed by atoms with Crippen molar-refractivity contribution >= 4 is 27.4 Å². The standard InChI is InChI=1S/C26H33FN4O6S/c1-16-24(30-23-9-8-21(12-22(23)27)38(2,33)34)28-15-29-25(16)36-20-10-17-13-35-14-18(11-20)31(17)26(32)37-19-6-4-3-5-7-19/h8-9,12,15,17-20H,3-7,10-11,13-14H2,1-2H3,(H,28,29,30)/t17-,18-/m0/s1. The number of nitrogens with one attached hydrogen (secondary N) is 1. The largest absolute Gasteiger partial charge is 0.474 e. The van der Waals surface area contributed by atoms with Crippen molar-refractivity contribution in [1.82, 2.24) is 14.9 Å². The van der Waals surface area contributed by atoms with E-state index in [0.717, 1.165) is 38.0 Å². The number of morpholine rings is 1. The van der Waals surface area contributed by atoms with E-state index < -0.39 is 15.7 Å². The first-order valence-corrected chi connectivity index (χ1v) is 14.9. The van der Waals surface area contributed by atoms with Crippen molar-refractivity contribution in [3.8, 4) is 5.88 Å². The number of anilines is 2. The molecular formula is C26H33FN4O6S.